The van der Waals surface area contributed by atoms with Crippen LogP contribution in [0.2, 0.25) is 0 Å². The van der Waals surface area contributed by atoms with E-state index in [0.29, 0.717) is 0 Å². The molecule has 8 rings (SSSR count). The highest BCUT2D eigenvalue weighted by molar-refractivity contribution is 7.99. The van der Waals surface area contributed by atoms with Crippen molar-refractivity contribution in [3.63, 3.8) is 0 Å². The first-order valence-corrected chi connectivity index (χ1v) is 18.6. The molecule has 5 aromatic carbocycles. The number of fused-ring (bicyclic) bond motifs is 5. The summed E-state index contributed by atoms with van der Waals surface area (Å²) in [4.78, 5) is 13.8. The molecule has 0 bridgehead atoms. The molecule has 6 heteroatoms. The van der Waals surface area contributed by atoms with Crippen LogP contribution in [-0.2, 0) is 10.8 Å². The van der Waals surface area contributed by atoms with E-state index < -0.39 is 0 Å². The first kappa shape index (κ1) is 33.8. The lowest BCUT2D eigenvalue weighted by Crippen LogP contribution is -2.24. The Morgan fingerprint density at radius 2 is 1.19 bits per heavy atom. The number of rotatable bonds is 5. The van der Waals surface area contributed by atoms with Crippen molar-refractivity contribution in [3.8, 4) is 22.3 Å². The summed E-state index contributed by atoms with van der Waals surface area (Å²) in [5.74, 6) is 0.478. The van der Waals surface area contributed by atoms with Gasteiger partial charge in [-0.1, -0.05) is 102 Å². The number of hydrogen-bond donors (Lipinski definition) is 0. The van der Waals surface area contributed by atoms with Crippen molar-refractivity contribution in [1.29, 1.82) is 0 Å². The molecular weight excluding hydrogens is 660 g/mol. The van der Waals surface area contributed by atoms with Crippen molar-refractivity contribution >= 4 is 40.3 Å². The number of halogens is 1. The zero-order chi connectivity index (χ0) is 36.2. The maximum absolute atomic E-state index is 15.2. The second-order valence-corrected chi connectivity index (χ2v) is 16.8. The van der Waals surface area contributed by atoms with Gasteiger partial charge in [-0.2, -0.15) is 0 Å². The number of nitrogens with zero attached hydrogens (tertiary/aromatic N) is 4. The largest absolute Gasteiger partial charge is 0.328 e. The van der Waals surface area contributed by atoms with Crippen LogP contribution in [0.4, 0.5) is 33.0 Å². The van der Waals surface area contributed by atoms with Crippen LogP contribution in [0.5, 0.6) is 0 Å². The first-order valence-electron chi connectivity index (χ1n) is 17.8. The molecule has 2 aliphatic rings. The molecule has 0 unspecified atom stereocenters. The van der Waals surface area contributed by atoms with E-state index in [0.717, 1.165) is 67.2 Å². The van der Waals surface area contributed by atoms with Gasteiger partial charge in [-0.3, -0.25) is 4.90 Å². The van der Waals surface area contributed by atoms with Gasteiger partial charge in [0.1, 0.15) is 11.6 Å². The van der Waals surface area contributed by atoms with Gasteiger partial charge in [0.15, 0.2) is 0 Å². The molecule has 52 heavy (non-hydrogen) atoms. The Balaban J connectivity index is 1.15. The fraction of sp³-hybridized carbons (Fsp3) is 0.196. The molecule has 4 nitrogen and oxygen atoms in total. The van der Waals surface area contributed by atoms with Gasteiger partial charge in [0.25, 0.3) is 0 Å². The Hall–Kier alpha value is -5.33. The summed E-state index contributed by atoms with van der Waals surface area (Å²) in [6.07, 6.45) is 6.16. The molecule has 0 amide bonds. The van der Waals surface area contributed by atoms with Crippen LogP contribution in [0, 0.1) is 5.82 Å². The maximum atomic E-state index is 15.2. The molecule has 3 heterocycles. The van der Waals surface area contributed by atoms with Crippen LogP contribution in [0.15, 0.2) is 150 Å². The summed E-state index contributed by atoms with van der Waals surface area (Å²) in [5, 5.41) is 0. The van der Waals surface area contributed by atoms with Gasteiger partial charge in [0, 0.05) is 50.9 Å². The number of aromatic nitrogens is 1. The SMILES string of the molecule is CC(C)(C)c1ccc(N2C=CN(c3cccc(Sc4ccc5c(c4)N(c4cc(C(C)(C)C)ccn4)c4cc(F)ccc4-c4ccccc4-5)c3)C2)cc1. The van der Waals surface area contributed by atoms with Crippen LogP contribution < -0.4 is 14.7 Å². The average molecular weight is 703 g/mol. The molecule has 0 atom stereocenters. The van der Waals surface area contributed by atoms with Gasteiger partial charge in [-0.25, -0.2) is 9.37 Å². The Kier molecular flexibility index (Phi) is 8.46. The van der Waals surface area contributed by atoms with Crippen molar-refractivity contribution < 1.29 is 4.39 Å². The zero-order valence-electron chi connectivity index (χ0n) is 30.6. The maximum Gasteiger partial charge on any atom is 0.137 e. The van der Waals surface area contributed by atoms with E-state index in [4.69, 9.17) is 4.98 Å². The lowest BCUT2D eigenvalue weighted by Gasteiger charge is -2.28. The summed E-state index contributed by atoms with van der Waals surface area (Å²) < 4.78 is 15.2. The van der Waals surface area contributed by atoms with E-state index in [9.17, 15) is 0 Å². The van der Waals surface area contributed by atoms with Crippen LogP contribution >= 0.6 is 11.8 Å². The smallest absolute Gasteiger partial charge is 0.137 e. The van der Waals surface area contributed by atoms with Crippen LogP contribution in [-0.4, -0.2) is 11.7 Å². The van der Waals surface area contributed by atoms with Crippen LogP contribution in [0.1, 0.15) is 52.7 Å². The Morgan fingerprint density at radius 3 is 1.88 bits per heavy atom. The lowest BCUT2D eigenvalue weighted by atomic mass is 9.87. The summed E-state index contributed by atoms with van der Waals surface area (Å²) in [6, 6.07) is 41.9. The third-order valence-corrected chi connectivity index (χ3v) is 10.9. The van der Waals surface area contributed by atoms with E-state index in [1.165, 1.54) is 11.3 Å². The van der Waals surface area contributed by atoms with E-state index in [1.807, 2.05) is 12.3 Å². The van der Waals surface area contributed by atoms with Gasteiger partial charge in [-0.15, -0.1) is 0 Å². The third-order valence-electron chi connectivity index (χ3n) is 9.94. The standard InChI is InChI=1S/C46H43FN4S/c1-45(2,3)31-14-17-34(18-15-31)49-24-25-50(30-49)35-10-9-11-36(28-35)52-37-19-21-41-39-13-8-7-12-38(39)40-20-16-33(47)27-42(40)51(43(41)29-37)44-26-32(22-23-48-44)46(4,5)6/h7-29H,30H2,1-6H3. The lowest BCUT2D eigenvalue weighted by molar-refractivity contribution is 0.589. The van der Waals surface area contributed by atoms with Gasteiger partial charge in [-0.05, 0) is 106 Å². The minimum atomic E-state index is -0.282. The monoisotopic (exact) mass is 702 g/mol. The van der Waals surface area contributed by atoms with Crippen molar-refractivity contribution in [2.24, 2.45) is 0 Å². The highest BCUT2D eigenvalue weighted by Crippen LogP contribution is 2.52. The second-order valence-electron chi connectivity index (χ2n) is 15.6. The van der Waals surface area contributed by atoms with Crippen molar-refractivity contribution in [3.05, 3.63) is 157 Å². The van der Waals surface area contributed by atoms with Crippen LogP contribution in [0.25, 0.3) is 22.3 Å². The topological polar surface area (TPSA) is 22.6 Å². The first-order chi connectivity index (χ1) is 24.9. The molecule has 6 aromatic rings. The van der Waals surface area contributed by atoms with Gasteiger partial charge in [0.05, 0.1) is 18.0 Å². The minimum absolute atomic E-state index is 0.0821. The van der Waals surface area contributed by atoms with E-state index >= 15 is 4.39 Å². The fourth-order valence-corrected chi connectivity index (χ4v) is 7.92. The minimum Gasteiger partial charge on any atom is -0.328 e. The van der Waals surface area contributed by atoms with E-state index in [2.05, 4.69) is 172 Å². The van der Waals surface area contributed by atoms with Gasteiger partial charge in [0.2, 0.25) is 0 Å². The molecule has 1 aromatic heterocycles. The molecule has 0 spiro atoms. The van der Waals surface area contributed by atoms with Crippen molar-refractivity contribution in [2.75, 3.05) is 21.4 Å². The van der Waals surface area contributed by atoms with E-state index in [1.54, 1.807) is 23.9 Å². The summed E-state index contributed by atoms with van der Waals surface area (Å²) in [6.45, 7) is 14.1. The molecule has 0 fully saturated rings. The predicted molar refractivity (Wildman–Crippen MR) is 217 cm³/mol. The summed E-state index contributed by atoms with van der Waals surface area (Å²) in [7, 11) is 0. The highest BCUT2D eigenvalue weighted by atomic mass is 32.2. The second kappa shape index (κ2) is 13.0. The third kappa shape index (κ3) is 6.48. The summed E-state index contributed by atoms with van der Waals surface area (Å²) >= 11 is 1.73. The number of pyridine rings is 1. The van der Waals surface area contributed by atoms with Crippen LogP contribution in [0.3, 0.4) is 0 Å². The molecule has 0 saturated heterocycles. The predicted octanol–water partition coefficient (Wildman–Crippen LogP) is 12.8. The van der Waals surface area contributed by atoms with E-state index in [-0.39, 0.29) is 16.6 Å². The Labute approximate surface area is 311 Å². The molecule has 0 N–H and O–H groups in total. The molecular formula is C46H43FN4S. The number of benzene rings is 5. The van der Waals surface area contributed by atoms with Gasteiger partial charge >= 0.3 is 0 Å². The number of anilines is 5. The molecule has 260 valence electrons. The summed E-state index contributed by atoms with van der Waals surface area (Å²) in [5.41, 5.74) is 10.8. The fourth-order valence-electron chi connectivity index (χ4n) is 7.01. The molecule has 0 radical (unpaired) electrons. The Morgan fingerprint density at radius 1 is 0.558 bits per heavy atom. The Bertz CT molecular complexity index is 2320. The number of hydrogen-bond acceptors (Lipinski definition) is 5. The molecule has 0 aliphatic carbocycles. The van der Waals surface area contributed by atoms with Crippen molar-refractivity contribution in [1.82, 2.24) is 4.98 Å². The average Bonchev–Trinajstić information content (AvgIpc) is 3.59. The molecule has 0 saturated carbocycles. The zero-order valence-corrected chi connectivity index (χ0v) is 31.4. The molecule has 2 aliphatic heterocycles. The highest BCUT2D eigenvalue weighted by Gasteiger charge is 2.29. The quantitative estimate of drug-likeness (QED) is 0.178. The normalized spacial score (nSPS) is 13.9. The van der Waals surface area contributed by atoms with Crippen molar-refractivity contribution in [2.45, 2.75) is 62.2 Å². The van der Waals surface area contributed by atoms with Gasteiger partial charge < -0.3 is 9.80 Å².